The molecular formula is C16H20N2. The first kappa shape index (κ1) is 12.8. The Kier molecular flexibility index (Phi) is 4.11. The summed E-state index contributed by atoms with van der Waals surface area (Å²) in [6.07, 6.45) is 4.05. The van der Waals surface area contributed by atoms with Crippen molar-refractivity contribution in [1.29, 1.82) is 0 Å². The van der Waals surface area contributed by atoms with Crippen molar-refractivity contribution >= 4 is 17.0 Å². The van der Waals surface area contributed by atoms with Crippen LogP contribution in [-0.2, 0) is 0 Å². The number of nitrogens with zero attached hydrogens (tertiary/aromatic N) is 1. The Morgan fingerprint density at radius 2 is 2.17 bits per heavy atom. The molecule has 1 N–H and O–H groups in total. The first-order valence-corrected chi connectivity index (χ1v) is 6.40. The number of nitrogens with one attached hydrogen (secondary N) is 1. The first-order valence-electron chi connectivity index (χ1n) is 6.40. The second kappa shape index (κ2) is 5.78. The van der Waals surface area contributed by atoms with Gasteiger partial charge in [-0.15, -0.1) is 0 Å². The number of pyridine rings is 1. The molecule has 0 saturated carbocycles. The summed E-state index contributed by atoms with van der Waals surface area (Å²) < 4.78 is 0. The van der Waals surface area contributed by atoms with Crippen molar-refractivity contribution in [3.63, 3.8) is 0 Å². The first-order chi connectivity index (χ1) is 8.65. The zero-order valence-electron chi connectivity index (χ0n) is 11.3. The number of hydrogen-bond donors (Lipinski definition) is 1. The van der Waals surface area contributed by atoms with E-state index in [2.05, 4.69) is 61.4 Å². The lowest BCUT2D eigenvalue weighted by Gasteiger charge is -2.08. The molecule has 0 aliphatic carbocycles. The van der Waals surface area contributed by atoms with Crippen molar-refractivity contribution in [2.75, 3.05) is 6.54 Å². The Labute approximate surface area is 109 Å². The zero-order chi connectivity index (χ0) is 13.0. The molecule has 0 amide bonds. The van der Waals surface area contributed by atoms with Crippen LogP contribution in [0.1, 0.15) is 26.3 Å². The average Bonchev–Trinajstić information content (AvgIpc) is 2.36. The summed E-state index contributed by atoms with van der Waals surface area (Å²) >= 11 is 0. The molecule has 2 heteroatoms. The molecule has 0 unspecified atom stereocenters. The van der Waals surface area contributed by atoms with Gasteiger partial charge in [-0.05, 0) is 30.7 Å². The number of aromatic nitrogens is 1. The van der Waals surface area contributed by atoms with Gasteiger partial charge in [0.25, 0.3) is 0 Å². The van der Waals surface area contributed by atoms with E-state index >= 15 is 0 Å². The molecule has 0 fully saturated rings. The third-order valence-electron chi connectivity index (χ3n) is 2.83. The average molecular weight is 240 g/mol. The summed E-state index contributed by atoms with van der Waals surface area (Å²) in [6, 6.07) is 11.0. The van der Waals surface area contributed by atoms with Gasteiger partial charge in [0, 0.05) is 24.2 Å². The largest absolute Gasteiger partial charge is 0.311 e. The summed E-state index contributed by atoms with van der Waals surface area (Å²) in [7, 11) is 0. The maximum absolute atomic E-state index is 4.33. The number of hydrogen-bond acceptors (Lipinski definition) is 2. The molecule has 1 heterocycles. The molecule has 18 heavy (non-hydrogen) atoms. The standard InChI is InChI=1S/C16H20N2/c1-12(2)18-11-13(3)9-14-6-7-16-15(10-14)5-4-8-17-16/h4-10,12,18H,11H2,1-3H3. The smallest absolute Gasteiger partial charge is 0.0702 e. The van der Waals surface area contributed by atoms with Crippen LogP contribution in [0.3, 0.4) is 0 Å². The van der Waals surface area contributed by atoms with E-state index in [1.54, 1.807) is 0 Å². The SMILES string of the molecule is CC(=Cc1ccc2ncccc2c1)CNC(C)C. The highest BCUT2D eigenvalue weighted by atomic mass is 14.9. The van der Waals surface area contributed by atoms with Crippen LogP contribution in [0.5, 0.6) is 0 Å². The molecule has 0 aliphatic rings. The van der Waals surface area contributed by atoms with E-state index in [9.17, 15) is 0 Å². The molecule has 0 spiro atoms. The van der Waals surface area contributed by atoms with Gasteiger partial charge in [-0.2, -0.15) is 0 Å². The molecule has 94 valence electrons. The van der Waals surface area contributed by atoms with Crippen molar-refractivity contribution in [3.05, 3.63) is 47.7 Å². The highest BCUT2D eigenvalue weighted by molar-refractivity contribution is 5.81. The normalized spacial score (nSPS) is 12.3. The summed E-state index contributed by atoms with van der Waals surface area (Å²) in [4.78, 5) is 4.33. The third-order valence-corrected chi connectivity index (χ3v) is 2.83. The van der Waals surface area contributed by atoms with Gasteiger partial charge >= 0.3 is 0 Å². The van der Waals surface area contributed by atoms with E-state index in [-0.39, 0.29) is 0 Å². The molecule has 0 aliphatic heterocycles. The van der Waals surface area contributed by atoms with Gasteiger partial charge < -0.3 is 5.32 Å². The van der Waals surface area contributed by atoms with Crippen LogP contribution in [0.4, 0.5) is 0 Å². The topological polar surface area (TPSA) is 24.9 Å². The molecule has 0 radical (unpaired) electrons. The molecule has 1 aromatic carbocycles. The van der Waals surface area contributed by atoms with Crippen molar-refractivity contribution in [1.82, 2.24) is 10.3 Å². The maximum atomic E-state index is 4.33. The number of benzene rings is 1. The van der Waals surface area contributed by atoms with Crippen molar-refractivity contribution < 1.29 is 0 Å². The van der Waals surface area contributed by atoms with Crippen LogP contribution in [0, 0.1) is 0 Å². The van der Waals surface area contributed by atoms with E-state index in [0.29, 0.717) is 6.04 Å². The number of rotatable bonds is 4. The minimum absolute atomic E-state index is 0.522. The summed E-state index contributed by atoms with van der Waals surface area (Å²) in [6.45, 7) is 7.41. The van der Waals surface area contributed by atoms with Crippen molar-refractivity contribution in [2.24, 2.45) is 0 Å². The Balaban J connectivity index is 2.18. The van der Waals surface area contributed by atoms with Gasteiger partial charge in [-0.25, -0.2) is 0 Å². The third kappa shape index (κ3) is 3.41. The van der Waals surface area contributed by atoms with Crippen LogP contribution in [-0.4, -0.2) is 17.6 Å². The summed E-state index contributed by atoms with van der Waals surface area (Å²) in [5, 5.41) is 4.61. The fourth-order valence-electron chi connectivity index (χ4n) is 1.88. The second-order valence-electron chi connectivity index (χ2n) is 4.98. The molecular weight excluding hydrogens is 220 g/mol. The lowest BCUT2D eigenvalue weighted by molar-refractivity contribution is 0.623. The highest BCUT2D eigenvalue weighted by Gasteiger charge is 1.97. The predicted molar refractivity (Wildman–Crippen MR) is 78.5 cm³/mol. The molecule has 2 rings (SSSR count). The molecule has 0 bridgehead atoms. The van der Waals surface area contributed by atoms with E-state index in [0.717, 1.165) is 12.1 Å². The quantitative estimate of drug-likeness (QED) is 0.882. The van der Waals surface area contributed by atoms with Crippen LogP contribution in [0.2, 0.25) is 0 Å². The van der Waals surface area contributed by atoms with Crippen molar-refractivity contribution in [3.8, 4) is 0 Å². The van der Waals surface area contributed by atoms with E-state index in [1.165, 1.54) is 16.5 Å². The highest BCUT2D eigenvalue weighted by Crippen LogP contribution is 2.15. The van der Waals surface area contributed by atoms with Gasteiger partial charge in [0.2, 0.25) is 0 Å². The molecule has 0 saturated heterocycles. The van der Waals surface area contributed by atoms with Crippen LogP contribution < -0.4 is 5.32 Å². The van der Waals surface area contributed by atoms with Crippen LogP contribution in [0.15, 0.2) is 42.1 Å². The minimum Gasteiger partial charge on any atom is -0.311 e. The second-order valence-corrected chi connectivity index (χ2v) is 4.98. The van der Waals surface area contributed by atoms with Crippen LogP contribution >= 0.6 is 0 Å². The van der Waals surface area contributed by atoms with Gasteiger partial charge in [0.1, 0.15) is 0 Å². The molecule has 2 aromatic rings. The Morgan fingerprint density at radius 1 is 1.33 bits per heavy atom. The fraction of sp³-hybridized carbons (Fsp3) is 0.312. The predicted octanol–water partition coefficient (Wildman–Crippen LogP) is 3.64. The van der Waals surface area contributed by atoms with Gasteiger partial charge in [0.15, 0.2) is 0 Å². The monoisotopic (exact) mass is 240 g/mol. The molecule has 0 atom stereocenters. The molecule has 2 nitrogen and oxygen atoms in total. The Bertz CT molecular complexity index is 556. The lowest BCUT2D eigenvalue weighted by atomic mass is 10.1. The summed E-state index contributed by atoms with van der Waals surface area (Å²) in [5.41, 5.74) is 3.62. The lowest BCUT2D eigenvalue weighted by Crippen LogP contribution is -2.24. The van der Waals surface area contributed by atoms with Gasteiger partial charge in [-0.1, -0.05) is 37.6 Å². The Hall–Kier alpha value is -1.67. The minimum atomic E-state index is 0.522. The van der Waals surface area contributed by atoms with Gasteiger partial charge in [0.05, 0.1) is 5.52 Å². The molecule has 1 aromatic heterocycles. The summed E-state index contributed by atoms with van der Waals surface area (Å²) in [5.74, 6) is 0. The van der Waals surface area contributed by atoms with Gasteiger partial charge in [-0.3, -0.25) is 4.98 Å². The van der Waals surface area contributed by atoms with E-state index in [4.69, 9.17) is 0 Å². The number of fused-ring (bicyclic) bond motifs is 1. The zero-order valence-corrected chi connectivity index (χ0v) is 11.3. The Morgan fingerprint density at radius 3 is 2.94 bits per heavy atom. The fourth-order valence-corrected chi connectivity index (χ4v) is 1.88. The maximum Gasteiger partial charge on any atom is 0.0702 e. The van der Waals surface area contributed by atoms with Crippen LogP contribution in [0.25, 0.3) is 17.0 Å². The van der Waals surface area contributed by atoms with E-state index < -0.39 is 0 Å². The van der Waals surface area contributed by atoms with Crippen molar-refractivity contribution in [2.45, 2.75) is 26.8 Å². The van der Waals surface area contributed by atoms with E-state index in [1.807, 2.05) is 12.3 Å².